The smallest absolute Gasteiger partial charge is 0.331 e. The molecule has 0 amide bonds. The Morgan fingerprint density at radius 3 is 2.11 bits per heavy atom. The number of nitrogens with zero attached hydrogens (tertiary/aromatic N) is 1. The Balaban J connectivity index is 2.75. The largest absolute Gasteiger partial charge is 0.483 e. The number of carbonyl (C=O) groups is 3. The fourth-order valence-electron chi connectivity index (χ4n) is 2.40. The van der Waals surface area contributed by atoms with Gasteiger partial charge >= 0.3 is 17.9 Å². The fourth-order valence-corrected chi connectivity index (χ4v) is 2.40. The minimum absolute atomic E-state index is 0.0974. The third-order valence-corrected chi connectivity index (χ3v) is 3.72. The van der Waals surface area contributed by atoms with E-state index in [2.05, 4.69) is 21.0 Å². The molecule has 1 heterocycles. The van der Waals surface area contributed by atoms with Crippen LogP contribution >= 0.6 is 0 Å². The zero-order valence-corrected chi connectivity index (χ0v) is 16.5. The summed E-state index contributed by atoms with van der Waals surface area (Å²) >= 11 is 0. The second-order valence-corrected chi connectivity index (χ2v) is 6.23. The lowest BCUT2D eigenvalue weighted by Gasteiger charge is -2.37. The van der Waals surface area contributed by atoms with Crippen molar-refractivity contribution in [1.29, 1.82) is 0 Å². The van der Waals surface area contributed by atoms with Crippen molar-refractivity contribution in [3.05, 3.63) is 36.6 Å². The van der Waals surface area contributed by atoms with Gasteiger partial charge in [-0.15, -0.1) is 0 Å². The summed E-state index contributed by atoms with van der Waals surface area (Å²) in [6.07, 6.45) is 4.51. The van der Waals surface area contributed by atoms with E-state index < -0.39 is 23.5 Å². The highest BCUT2D eigenvalue weighted by Crippen LogP contribution is 2.19. The van der Waals surface area contributed by atoms with Gasteiger partial charge in [0.15, 0.2) is 5.60 Å². The van der Waals surface area contributed by atoms with Gasteiger partial charge in [0.05, 0.1) is 27.4 Å². The Morgan fingerprint density at radius 1 is 1.00 bits per heavy atom. The van der Waals surface area contributed by atoms with Crippen molar-refractivity contribution in [2.75, 3.05) is 53.7 Å². The number of allylic oxidation sites excluding steroid dienone is 1. The maximum absolute atomic E-state index is 11.8. The average Bonchev–Trinajstić information content (AvgIpc) is 2.69. The predicted molar refractivity (Wildman–Crippen MR) is 99.2 cm³/mol. The molecule has 0 aliphatic carbocycles. The Kier molecular flexibility index (Phi) is 9.97. The number of methoxy groups -OCH3 is 2. The summed E-state index contributed by atoms with van der Waals surface area (Å²) in [6, 6.07) is 0. The van der Waals surface area contributed by atoms with Gasteiger partial charge in [-0.1, -0.05) is 6.58 Å². The number of ether oxygens (including phenoxy) is 5. The van der Waals surface area contributed by atoms with Crippen LogP contribution in [0.4, 0.5) is 0 Å². The van der Waals surface area contributed by atoms with Crippen molar-refractivity contribution in [1.82, 2.24) is 4.90 Å². The van der Waals surface area contributed by atoms with Crippen LogP contribution in [0, 0.1) is 0 Å². The number of carbonyl (C=O) groups excluding carboxylic acids is 3. The number of hydrogen-bond acceptors (Lipinski definition) is 9. The first-order valence-electron chi connectivity index (χ1n) is 8.65. The lowest BCUT2D eigenvalue weighted by molar-refractivity contribution is -0.148. The summed E-state index contributed by atoms with van der Waals surface area (Å²) < 4.78 is 25.4. The second kappa shape index (κ2) is 11.9. The molecule has 0 saturated carbocycles. The van der Waals surface area contributed by atoms with Gasteiger partial charge < -0.3 is 23.7 Å². The van der Waals surface area contributed by atoms with Crippen LogP contribution in [-0.4, -0.2) is 82.1 Å². The quantitative estimate of drug-likeness (QED) is 0.172. The van der Waals surface area contributed by atoms with E-state index in [0.717, 1.165) is 12.2 Å². The number of rotatable bonds is 10. The summed E-state index contributed by atoms with van der Waals surface area (Å²) in [5, 5.41) is 0. The van der Waals surface area contributed by atoms with Crippen molar-refractivity contribution >= 4 is 17.9 Å². The average molecular weight is 397 g/mol. The van der Waals surface area contributed by atoms with Gasteiger partial charge in [-0.25, -0.2) is 14.4 Å². The van der Waals surface area contributed by atoms with E-state index in [1.54, 1.807) is 6.92 Å². The lowest BCUT2D eigenvalue weighted by atomic mass is 10.1. The molecule has 0 aromatic rings. The van der Waals surface area contributed by atoms with E-state index in [4.69, 9.17) is 14.2 Å². The summed E-state index contributed by atoms with van der Waals surface area (Å²) in [4.78, 5) is 36.2. The number of morpholine rings is 1. The molecular formula is C19H27NO8. The number of esters is 3. The molecule has 1 atom stereocenters. The molecule has 1 aliphatic rings. The summed E-state index contributed by atoms with van der Waals surface area (Å²) in [5.41, 5.74) is -0.941. The third-order valence-electron chi connectivity index (χ3n) is 3.72. The highest BCUT2D eigenvalue weighted by atomic mass is 16.6. The normalized spacial score (nSPS) is 17.1. The van der Waals surface area contributed by atoms with E-state index in [-0.39, 0.29) is 12.4 Å². The second-order valence-electron chi connectivity index (χ2n) is 6.23. The monoisotopic (exact) mass is 397 g/mol. The molecule has 0 aromatic heterocycles. The van der Waals surface area contributed by atoms with E-state index in [1.807, 2.05) is 0 Å². The van der Waals surface area contributed by atoms with E-state index in [0.29, 0.717) is 32.8 Å². The van der Waals surface area contributed by atoms with E-state index in [1.165, 1.54) is 26.4 Å². The molecular weight excluding hydrogens is 370 g/mol. The molecule has 0 N–H and O–H groups in total. The van der Waals surface area contributed by atoms with Gasteiger partial charge in [-0.05, 0) is 13.0 Å². The van der Waals surface area contributed by atoms with Gasteiger partial charge in [0.25, 0.3) is 0 Å². The molecule has 0 unspecified atom stereocenters. The predicted octanol–water partition coefficient (Wildman–Crippen LogP) is 0.609. The third kappa shape index (κ3) is 9.33. The molecule has 28 heavy (non-hydrogen) atoms. The van der Waals surface area contributed by atoms with Crippen LogP contribution in [0.5, 0.6) is 0 Å². The van der Waals surface area contributed by atoms with Crippen molar-refractivity contribution in [2.24, 2.45) is 0 Å². The SMILES string of the molecule is C=C(/C=C/C(=O)OC)O[C@@](C)(COC(=O)/C=C/C(=O)OC)CN1CCOCC1. The summed E-state index contributed by atoms with van der Waals surface area (Å²) in [6.45, 7) is 8.48. The first kappa shape index (κ1) is 23.4. The van der Waals surface area contributed by atoms with Gasteiger partial charge in [0.1, 0.15) is 12.4 Å². The van der Waals surface area contributed by atoms with Crippen LogP contribution in [-0.2, 0) is 38.1 Å². The molecule has 1 aliphatic heterocycles. The Hall–Kier alpha value is -2.65. The molecule has 1 fully saturated rings. The topological polar surface area (TPSA) is 101 Å². The zero-order chi connectivity index (χ0) is 21.0. The maximum Gasteiger partial charge on any atom is 0.331 e. The lowest BCUT2D eigenvalue weighted by Crippen LogP contribution is -2.49. The summed E-state index contributed by atoms with van der Waals surface area (Å²) in [7, 11) is 2.47. The Labute approximate surface area is 164 Å². The number of hydrogen-bond donors (Lipinski definition) is 0. The molecule has 1 rings (SSSR count). The van der Waals surface area contributed by atoms with Crippen LogP contribution in [0.15, 0.2) is 36.6 Å². The van der Waals surface area contributed by atoms with E-state index >= 15 is 0 Å². The minimum Gasteiger partial charge on any atom is -0.483 e. The van der Waals surface area contributed by atoms with Crippen LogP contribution in [0.2, 0.25) is 0 Å². The van der Waals surface area contributed by atoms with Crippen LogP contribution < -0.4 is 0 Å². The van der Waals surface area contributed by atoms with Crippen molar-refractivity contribution in [2.45, 2.75) is 12.5 Å². The van der Waals surface area contributed by atoms with Crippen LogP contribution in [0.3, 0.4) is 0 Å². The first-order valence-corrected chi connectivity index (χ1v) is 8.65. The van der Waals surface area contributed by atoms with Crippen LogP contribution in [0.25, 0.3) is 0 Å². The molecule has 156 valence electrons. The molecule has 9 nitrogen and oxygen atoms in total. The van der Waals surface area contributed by atoms with Crippen molar-refractivity contribution in [3.8, 4) is 0 Å². The highest BCUT2D eigenvalue weighted by molar-refractivity contribution is 5.91. The standard InChI is InChI=1S/C19H27NO8/c1-15(5-6-16(21)24-3)28-19(2,13-20-9-11-26-12-10-20)14-27-18(23)8-7-17(22)25-4/h5-8H,1,9-14H2,2-4H3/b6-5+,8-7+/t19-/m1/s1. The maximum atomic E-state index is 11.8. The van der Waals surface area contributed by atoms with Gasteiger partial charge in [-0.3, -0.25) is 4.90 Å². The molecule has 0 bridgehead atoms. The van der Waals surface area contributed by atoms with Gasteiger partial charge in [-0.2, -0.15) is 0 Å². The van der Waals surface area contributed by atoms with E-state index in [9.17, 15) is 14.4 Å². The summed E-state index contributed by atoms with van der Waals surface area (Å²) in [5.74, 6) is -1.70. The van der Waals surface area contributed by atoms with Gasteiger partial charge in [0, 0.05) is 37.9 Å². The van der Waals surface area contributed by atoms with Crippen molar-refractivity contribution < 1.29 is 38.1 Å². The minimum atomic E-state index is -0.941. The Morgan fingerprint density at radius 2 is 1.54 bits per heavy atom. The van der Waals surface area contributed by atoms with Crippen LogP contribution in [0.1, 0.15) is 6.92 Å². The zero-order valence-electron chi connectivity index (χ0n) is 16.5. The highest BCUT2D eigenvalue weighted by Gasteiger charge is 2.32. The molecule has 9 heteroatoms. The fraction of sp³-hybridized carbons (Fsp3) is 0.526. The van der Waals surface area contributed by atoms with Crippen molar-refractivity contribution in [3.63, 3.8) is 0 Å². The molecule has 0 spiro atoms. The van der Waals surface area contributed by atoms with Gasteiger partial charge in [0.2, 0.25) is 0 Å². The molecule has 1 saturated heterocycles. The first-order chi connectivity index (χ1) is 13.3. The molecule has 0 radical (unpaired) electrons. The molecule has 0 aromatic carbocycles. The Bertz CT molecular complexity index is 621.